The number of thioether (sulfide) groups is 1. The molecule has 0 atom stereocenters. The van der Waals surface area contributed by atoms with Crippen LogP contribution in [0.25, 0.3) is 0 Å². The fourth-order valence-electron chi connectivity index (χ4n) is 2.37. The van der Waals surface area contributed by atoms with Crippen LogP contribution in [0.2, 0.25) is 0 Å². The Morgan fingerprint density at radius 2 is 2.00 bits per heavy atom. The summed E-state index contributed by atoms with van der Waals surface area (Å²) in [6, 6.07) is 15.3. The molecule has 2 aromatic carbocycles. The van der Waals surface area contributed by atoms with Crippen LogP contribution in [-0.4, -0.2) is 29.5 Å². The van der Waals surface area contributed by atoms with Gasteiger partial charge in [-0.05, 0) is 23.8 Å². The molecule has 0 saturated carbocycles. The predicted octanol–water partition coefficient (Wildman–Crippen LogP) is 3.00. The average molecular weight is 312 g/mol. The van der Waals surface area contributed by atoms with Gasteiger partial charge in [0.1, 0.15) is 0 Å². The van der Waals surface area contributed by atoms with Gasteiger partial charge >= 0.3 is 0 Å². The minimum atomic E-state index is -0.0588. The van der Waals surface area contributed by atoms with E-state index in [2.05, 4.69) is 5.32 Å². The third-order valence-electron chi connectivity index (χ3n) is 3.47. The van der Waals surface area contributed by atoms with Gasteiger partial charge in [0, 0.05) is 24.1 Å². The lowest BCUT2D eigenvalue weighted by Gasteiger charge is -2.20. The third kappa shape index (κ3) is 3.14. The third-order valence-corrected chi connectivity index (χ3v) is 4.54. The van der Waals surface area contributed by atoms with E-state index < -0.39 is 0 Å². The van der Waals surface area contributed by atoms with Crippen LogP contribution in [0.5, 0.6) is 0 Å². The van der Waals surface area contributed by atoms with Crippen LogP contribution < -0.4 is 5.32 Å². The van der Waals surface area contributed by atoms with Crippen LogP contribution in [0.1, 0.15) is 15.9 Å². The zero-order valence-electron chi connectivity index (χ0n) is 12.2. The molecular formula is C17H16N2O2S. The van der Waals surface area contributed by atoms with Crippen LogP contribution in [-0.2, 0) is 11.3 Å². The maximum absolute atomic E-state index is 12.5. The number of hydrogen-bond acceptors (Lipinski definition) is 3. The van der Waals surface area contributed by atoms with Crippen molar-refractivity contribution in [2.45, 2.75) is 11.4 Å². The summed E-state index contributed by atoms with van der Waals surface area (Å²) in [5.74, 6) is 0.338. The van der Waals surface area contributed by atoms with E-state index in [1.54, 1.807) is 18.0 Å². The average Bonchev–Trinajstić information content (AvgIpc) is 2.54. The van der Waals surface area contributed by atoms with Crippen molar-refractivity contribution in [1.82, 2.24) is 4.90 Å². The van der Waals surface area contributed by atoms with Gasteiger partial charge in [-0.25, -0.2) is 0 Å². The summed E-state index contributed by atoms with van der Waals surface area (Å²) in [4.78, 5) is 26.7. The van der Waals surface area contributed by atoms with Crippen molar-refractivity contribution >= 4 is 29.3 Å². The van der Waals surface area contributed by atoms with E-state index in [0.717, 1.165) is 16.1 Å². The van der Waals surface area contributed by atoms with E-state index in [1.165, 1.54) is 11.8 Å². The van der Waals surface area contributed by atoms with Gasteiger partial charge in [-0.15, -0.1) is 11.8 Å². The van der Waals surface area contributed by atoms with E-state index in [-0.39, 0.29) is 11.8 Å². The van der Waals surface area contributed by atoms with Gasteiger partial charge in [-0.3, -0.25) is 9.59 Å². The molecule has 0 aliphatic carbocycles. The minimum absolute atomic E-state index is 0.0280. The molecule has 0 spiro atoms. The van der Waals surface area contributed by atoms with Crippen molar-refractivity contribution in [3.63, 3.8) is 0 Å². The fourth-order valence-corrected chi connectivity index (χ4v) is 3.15. The van der Waals surface area contributed by atoms with E-state index in [1.807, 2.05) is 42.5 Å². The molecule has 1 N–H and O–H groups in total. The molecule has 0 saturated heterocycles. The summed E-state index contributed by atoms with van der Waals surface area (Å²) in [7, 11) is 1.78. The van der Waals surface area contributed by atoms with Crippen molar-refractivity contribution in [2.75, 3.05) is 18.1 Å². The van der Waals surface area contributed by atoms with E-state index in [9.17, 15) is 9.59 Å². The number of carbonyl (C=O) groups excluding carboxylic acids is 2. The number of fused-ring (bicyclic) bond motifs is 1. The zero-order valence-corrected chi connectivity index (χ0v) is 13.0. The molecule has 2 amide bonds. The number of benzene rings is 2. The van der Waals surface area contributed by atoms with Crippen LogP contribution in [0, 0.1) is 0 Å². The highest BCUT2D eigenvalue weighted by Crippen LogP contribution is 2.32. The van der Waals surface area contributed by atoms with Gasteiger partial charge in [-0.2, -0.15) is 0 Å². The lowest BCUT2D eigenvalue weighted by atomic mass is 10.1. The molecule has 0 aromatic heterocycles. The molecule has 2 aromatic rings. The summed E-state index contributed by atoms with van der Waals surface area (Å²) in [6.45, 7) is 0.553. The Bertz CT molecular complexity index is 716. The molecule has 4 nitrogen and oxygen atoms in total. The maximum Gasteiger partial charge on any atom is 0.253 e. The van der Waals surface area contributed by atoms with Crippen molar-refractivity contribution in [2.24, 2.45) is 0 Å². The first-order chi connectivity index (χ1) is 10.6. The van der Waals surface area contributed by atoms with E-state index >= 15 is 0 Å². The maximum atomic E-state index is 12.5. The number of amides is 2. The number of hydrogen-bond donors (Lipinski definition) is 1. The molecule has 0 unspecified atom stereocenters. The highest BCUT2D eigenvalue weighted by Gasteiger charge is 2.18. The largest absolute Gasteiger partial charge is 0.337 e. The van der Waals surface area contributed by atoms with Crippen LogP contribution in [0.4, 0.5) is 5.69 Å². The number of nitrogens with zero attached hydrogens (tertiary/aromatic N) is 1. The molecule has 22 heavy (non-hydrogen) atoms. The minimum Gasteiger partial charge on any atom is -0.337 e. The molecular weight excluding hydrogens is 296 g/mol. The Labute approximate surface area is 133 Å². The quantitative estimate of drug-likeness (QED) is 0.948. The predicted molar refractivity (Wildman–Crippen MR) is 88.0 cm³/mol. The molecule has 0 bridgehead atoms. The summed E-state index contributed by atoms with van der Waals surface area (Å²) < 4.78 is 0. The molecule has 0 radical (unpaired) electrons. The Morgan fingerprint density at radius 3 is 2.77 bits per heavy atom. The number of nitrogens with one attached hydrogen (secondary N) is 1. The highest BCUT2D eigenvalue weighted by molar-refractivity contribution is 8.00. The zero-order chi connectivity index (χ0) is 15.5. The van der Waals surface area contributed by atoms with Crippen molar-refractivity contribution in [3.8, 4) is 0 Å². The van der Waals surface area contributed by atoms with Gasteiger partial charge < -0.3 is 10.2 Å². The van der Waals surface area contributed by atoms with Crippen molar-refractivity contribution < 1.29 is 9.59 Å². The first kappa shape index (κ1) is 14.7. The van der Waals surface area contributed by atoms with E-state index in [4.69, 9.17) is 0 Å². The first-order valence-electron chi connectivity index (χ1n) is 6.99. The van der Waals surface area contributed by atoms with Crippen LogP contribution >= 0.6 is 11.8 Å². The van der Waals surface area contributed by atoms with Gasteiger partial charge in [0.2, 0.25) is 5.91 Å². The van der Waals surface area contributed by atoms with Crippen molar-refractivity contribution in [3.05, 3.63) is 59.7 Å². The normalized spacial score (nSPS) is 13.2. The monoisotopic (exact) mass is 312 g/mol. The Kier molecular flexibility index (Phi) is 4.15. The van der Waals surface area contributed by atoms with Gasteiger partial charge in [0.15, 0.2) is 0 Å². The Morgan fingerprint density at radius 1 is 1.23 bits per heavy atom. The molecule has 1 heterocycles. The summed E-state index contributed by atoms with van der Waals surface area (Å²) in [5, 5.41) is 2.81. The molecule has 3 rings (SSSR count). The molecule has 1 aliphatic rings. The second-order valence-electron chi connectivity index (χ2n) is 5.19. The highest BCUT2D eigenvalue weighted by atomic mass is 32.2. The van der Waals surface area contributed by atoms with Gasteiger partial charge in [0.05, 0.1) is 11.4 Å². The summed E-state index contributed by atoms with van der Waals surface area (Å²) in [5.41, 5.74) is 2.39. The summed E-state index contributed by atoms with van der Waals surface area (Å²) >= 11 is 1.49. The van der Waals surface area contributed by atoms with Crippen LogP contribution in [0.3, 0.4) is 0 Å². The smallest absolute Gasteiger partial charge is 0.253 e. The topological polar surface area (TPSA) is 49.4 Å². The van der Waals surface area contributed by atoms with Crippen LogP contribution in [0.15, 0.2) is 53.4 Å². The van der Waals surface area contributed by atoms with Crippen molar-refractivity contribution in [1.29, 1.82) is 0 Å². The molecule has 5 heteroatoms. The molecule has 1 aliphatic heterocycles. The Hall–Kier alpha value is -2.27. The van der Waals surface area contributed by atoms with E-state index in [0.29, 0.717) is 17.9 Å². The van der Waals surface area contributed by atoms with Gasteiger partial charge in [0.25, 0.3) is 5.91 Å². The lowest BCUT2D eigenvalue weighted by Crippen LogP contribution is -2.26. The van der Waals surface area contributed by atoms with Gasteiger partial charge in [-0.1, -0.05) is 30.3 Å². The first-order valence-corrected chi connectivity index (χ1v) is 7.98. The molecule has 0 fully saturated rings. The lowest BCUT2D eigenvalue weighted by molar-refractivity contribution is -0.113. The molecule has 112 valence electrons. The fraction of sp³-hybridized carbons (Fsp3) is 0.176. The standard InChI is InChI=1S/C17H16N2O2S/c1-19(10-12-5-3-2-4-6-12)17(21)13-7-8-15-14(9-13)18-16(20)11-22-15/h2-9H,10-11H2,1H3,(H,18,20). The Balaban J connectivity index is 1.77. The SMILES string of the molecule is CN(Cc1ccccc1)C(=O)c1ccc2c(c1)NC(=O)CS2. The number of rotatable bonds is 3. The summed E-state index contributed by atoms with van der Waals surface area (Å²) in [6.07, 6.45) is 0. The second kappa shape index (κ2) is 6.23. The number of carbonyl (C=O) groups is 2. The second-order valence-corrected chi connectivity index (χ2v) is 6.21. The number of anilines is 1.